The van der Waals surface area contributed by atoms with E-state index < -0.39 is 0 Å². The molecule has 3 rings (SSSR count). The van der Waals surface area contributed by atoms with E-state index in [0.717, 1.165) is 24.1 Å². The van der Waals surface area contributed by atoms with E-state index in [4.69, 9.17) is 9.47 Å². The second-order valence-electron chi connectivity index (χ2n) is 6.51. The van der Waals surface area contributed by atoms with Crippen LogP contribution in [0, 0.1) is 6.92 Å². The second kappa shape index (κ2) is 6.88. The van der Waals surface area contributed by atoms with Crippen molar-refractivity contribution in [1.29, 1.82) is 0 Å². The predicted molar refractivity (Wildman–Crippen MR) is 88.7 cm³/mol. The summed E-state index contributed by atoms with van der Waals surface area (Å²) in [6, 6.07) is 5.55. The minimum Gasteiger partial charge on any atom is -0.493 e. The summed E-state index contributed by atoms with van der Waals surface area (Å²) in [6.07, 6.45) is 5.38. The van der Waals surface area contributed by atoms with Gasteiger partial charge in [0.05, 0.1) is 14.2 Å². The van der Waals surface area contributed by atoms with E-state index >= 15 is 0 Å². The van der Waals surface area contributed by atoms with Gasteiger partial charge in [-0.2, -0.15) is 0 Å². The molecule has 2 atom stereocenters. The second-order valence-corrected chi connectivity index (χ2v) is 6.51. The van der Waals surface area contributed by atoms with Crippen LogP contribution in [0.25, 0.3) is 0 Å². The molecule has 0 aromatic heterocycles. The molecule has 22 heavy (non-hydrogen) atoms. The van der Waals surface area contributed by atoms with Gasteiger partial charge in [0.1, 0.15) is 0 Å². The topological polar surface area (TPSA) is 33.7 Å². The number of rotatable bonds is 5. The standard InChI is InChI=1S/C18H28N2O2/c1-13-10-17(21-2)18(22-3)11-14(13)12-19-15-7-9-20-8-5-4-6-16(15)20/h10-11,15-16,19H,4-9,12H2,1-3H3/t15-,16+/m0/s1. The average molecular weight is 304 g/mol. The third-order valence-electron chi connectivity index (χ3n) is 5.25. The number of hydrogen-bond acceptors (Lipinski definition) is 4. The summed E-state index contributed by atoms with van der Waals surface area (Å²) < 4.78 is 10.8. The quantitative estimate of drug-likeness (QED) is 0.907. The van der Waals surface area contributed by atoms with E-state index in [0.29, 0.717) is 6.04 Å². The molecule has 0 spiro atoms. The van der Waals surface area contributed by atoms with E-state index in [2.05, 4.69) is 29.3 Å². The van der Waals surface area contributed by atoms with E-state index in [9.17, 15) is 0 Å². The van der Waals surface area contributed by atoms with Crippen molar-refractivity contribution >= 4 is 0 Å². The van der Waals surface area contributed by atoms with Crippen LogP contribution in [0.4, 0.5) is 0 Å². The lowest BCUT2D eigenvalue weighted by atomic mass is 9.98. The Labute approximate surface area is 133 Å². The fourth-order valence-corrected chi connectivity index (χ4v) is 3.94. The summed E-state index contributed by atoms with van der Waals surface area (Å²) in [5.41, 5.74) is 2.55. The molecule has 2 aliphatic heterocycles. The van der Waals surface area contributed by atoms with Gasteiger partial charge in [-0.05, 0) is 56.0 Å². The average Bonchev–Trinajstić information content (AvgIpc) is 2.96. The van der Waals surface area contributed by atoms with Gasteiger partial charge in [-0.25, -0.2) is 0 Å². The largest absolute Gasteiger partial charge is 0.493 e. The van der Waals surface area contributed by atoms with Crippen LogP contribution in [-0.4, -0.2) is 44.3 Å². The highest BCUT2D eigenvalue weighted by molar-refractivity contribution is 5.47. The fourth-order valence-electron chi connectivity index (χ4n) is 3.94. The molecule has 2 heterocycles. The summed E-state index contributed by atoms with van der Waals surface area (Å²) in [4.78, 5) is 2.67. The van der Waals surface area contributed by atoms with Gasteiger partial charge in [0.2, 0.25) is 0 Å². The van der Waals surface area contributed by atoms with Gasteiger partial charge in [0.15, 0.2) is 11.5 Å². The molecule has 0 radical (unpaired) electrons. The number of methoxy groups -OCH3 is 2. The van der Waals surface area contributed by atoms with Crippen molar-refractivity contribution < 1.29 is 9.47 Å². The van der Waals surface area contributed by atoms with Gasteiger partial charge in [0.25, 0.3) is 0 Å². The van der Waals surface area contributed by atoms with Gasteiger partial charge in [-0.3, -0.25) is 4.90 Å². The Kier molecular flexibility index (Phi) is 4.89. The lowest BCUT2D eigenvalue weighted by molar-refractivity contribution is 0.180. The van der Waals surface area contributed by atoms with Crippen molar-refractivity contribution in [3.05, 3.63) is 23.3 Å². The van der Waals surface area contributed by atoms with Crippen LogP contribution in [-0.2, 0) is 6.54 Å². The number of aryl methyl sites for hydroxylation is 1. The lowest BCUT2D eigenvalue weighted by Gasteiger charge is -2.32. The van der Waals surface area contributed by atoms with E-state index in [1.165, 1.54) is 49.9 Å². The molecule has 0 amide bonds. The third kappa shape index (κ3) is 3.08. The molecule has 1 aromatic carbocycles. The number of nitrogens with one attached hydrogen (secondary N) is 1. The minimum absolute atomic E-state index is 0.632. The highest BCUT2D eigenvalue weighted by atomic mass is 16.5. The van der Waals surface area contributed by atoms with Crippen molar-refractivity contribution in [3.63, 3.8) is 0 Å². The Morgan fingerprint density at radius 1 is 1.09 bits per heavy atom. The van der Waals surface area contributed by atoms with Crippen molar-refractivity contribution in [2.45, 2.75) is 51.2 Å². The Morgan fingerprint density at radius 3 is 2.64 bits per heavy atom. The van der Waals surface area contributed by atoms with E-state index in [1.54, 1.807) is 14.2 Å². The van der Waals surface area contributed by atoms with Crippen molar-refractivity contribution in [1.82, 2.24) is 10.2 Å². The zero-order chi connectivity index (χ0) is 15.5. The highest BCUT2D eigenvalue weighted by Crippen LogP contribution is 2.31. The van der Waals surface area contributed by atoms with Crippen LogP contribution in [0.5, 0.6) is 11.5 Å². The van der Waals surface area contributed by atoms with Crippen molar-refractivity contribution in [3.8, 4) is 11.5 Å². The number of ether oxygens (including phenoxy) is 2. The molecule has 122 valence electrons. The highest BCUT2D eigenvalue weighted by Gasteiger charge is 2.34. The molecule has 2 aliphatic rings. The molecule has 4 nitrogen and oxygen atoms in total. The molecule has 0 bridgehead atoms. The zero-order valence-corrected chi connectivity index (χ0v) is 14.0. The summed E-state index contributed by atoms with van der Waals surface area (Å²) in [6.45, 7) is 5.59. The molecular weight excluding hydrogens is 276 g/mol. The van der Waals surface area contributed by atoms with Gasteiger partial charge in [-0.15, -0.1) is 0 Å². The number of hydrogen-bond donors (Lipinski definition) is 1. The molecule has 0 aliphatic carbocycles. The van der Waals surface area contributed by atoms with Gasteiger partial charge >= 0.3 is 0 Å². The number of piperidine rings is 1. The Hall–Kier alpha value is -1.26. The van der Waals surface area contributed by atoms with Gasteiger partial charge in [-0.1, -0.05) is 6.42 Å². The molecule has 1 N–H and O–H groups in total. The summed E-state index contributed by atoms with van der Waals surface area (Å²) >= 11 is 0. The minimum atomic E-state index is 0.632. The summed E-state index contributed by atoms with van der Waals surface area (Å²) in [5.74, 6) is 1.62. The molecule has 2 fully saturated rings. The van der Waals surface area contributed by atoms with Crippen molar-refractivity contribution in [2.75, 3.05) is 27.3 Å². The monoisotopic (exact) mass is 304 g/mol. The number of benzene rings is 1. The van der Waals surface area contributed by atoms with Crippen LogP contribution in [0.15, 0.2) is 12.1 Å². The van der Waals surface area contributed by atoms with E-state index in [-0.39, 0.29) is 0 Å². The molecule has 0 unspecified atom stereocenters. The Morgan fingerprint density at radius 2 is 1.86 bits per heavy atom. The van der Waals surface area contributed by atoms with E-state index in [1.807, 2.05) is 0 Å². The SMILES string of the molecule is COc1cc(C)c(CN[C@H]2CCN3CCCC[C@H]23)cc1OC. The first-order valence-electron chi connectivity index (χ1n) is 8.42. The van der Waals surface area contributed by atoms with Crippen LogP contribution in [0.3, 0.4) is 0 Å². The number of nitrogens with zero attached hydrogens (tertiary/aromatic N) is 1. The maximum Gasteiger partial charge on any atom is 0.161 e. The lowest BCUT2D eigenvalue weighted by Crippen LogP contribution is -2.44. The maximum absolute atomic E-state index is 5.43. The number of fused-ring (bicyclic) bond motifs is 1. The summed E-state index contributed by atoms with van der Waals surface area (Å²) in [5, 5.41) is 3.79. The molecule has 0 saturated carbocycles. The van der Waals surface area contributed by atoms with Gasteiger partial charge < -0.3 is 14.8 Å². The molecule has 1 aromatic rings. The smallest absolute Gasteiger partial charge is 0.161 e. The fraction of sp³-hybridized carbons (Fsp3) is 0.667. The zero-order valence-electron chi connectivity index (χ0n) is 14.0. The molecule has 2 saturated heterocycles. The first-order chi connectivity index (χ1) is 10.7. The van der Waals surface area contributed by atoms with Crippen LogP contribution in [0.1, 0.15) is 36.8 Å². The maximum atomic E-state index is 5.43. The Balaban J connectivity index is 1.66. The first-order valence-corrected chi connectivity index (χ1v) is 8.42. The molecular formula is C18H28N2O2. The third-order valence-corrected chi connectivity index (χ3v) is 5.25. The van der Waals surface area contributed by atoms with Crippen LogP contribution >= 0.6 is 0 Å². The van der Waals surface area contributed by atoms with Crippen molar-refractivity contribution in [2.24, 2.45) is 0 Å². The van der Waals surface area contributed by atoms with Crippen LogP contribution < -0.4 is 14.8 Å². The predicted octanol–water partition coefficient (Wildman–Crippen LogP) is 2.73. The van der Waals surface area contributed by atoms with Crippen LogP contribution in [0.2, 0.25) is 0 Å². The molecule has 4 heteroatoms. The first kappa shape index (κ1) is 15.6. The summed E-state index contributed by atoms with van der Waals surface area (Å²) in [7, 11) is 3.38. The van der Waals surface area contributed by atoms with Gasteiger partial charge in [0, 0.05) is 25.2 Å². The normalized spacial score (nSPS) is 25.0. The Bertz CT molecular complexity index is 518.